The third kappa shape index (κ3) is 3.81. The van der Waals surface area contributed by atoms with Crippen LogP contribution in [-0.4, -0.2) is 25.6 Å². The molecule has 0 saturated heterocycles. The van der Waals surface area contributed by atoms with Crippen molar-refractivity contribution in [1.29, 1.82) is 0 Å². The van der Waals surface area contributed by atoms with Gasteiger partial charge in [-0.1, -0.05) is 30.3 Å². The van der Waals surface area contributed by atoms with Crippen molar-refractivity contribution in [2.45, 2.75) is 19.4 Å². The minimum absolute atomic E-state index is 0.290. The number of nitrogens with zero attached hydrogens (tertiary/aromatic N) is 2. The Labute approximate surface area is 121 Å². The van der Waals surface area contributed by atoms with Crippen LogP contribution in [-0.2, 0) is 6.42 Å². The number of hydrogen-bond acceptors (Lipinski definition) is 3. The summed E-state index contributed by atoms with van der Waals surface area (Å²) < 4.78 is 0. The van der Waals surface area contributed by atoms with Crippen LogP contribution in [0.25, 0.3) is 0 Å². The highest BCUT2D eigenvalue weighted by atomic mass is 15.1. The van der Waals surface area contributed by atoms with E-state index in [4.69, 9.17) is 0 Å². The van der Waals surface area contributed by atoms with Crippen molar-refractivity contribution in [1.82, 2.24) is 10.3 Å². The highest BCUT2D eigenvalue weighted by Crippen LogP contribution is 2.15. The van der Waals surface area contributed by atoms with Gasteiger partial charge in [-0.15, -0.1) is 0 Å². The number of rotatable bonds is 6. The molecule has 2 aromatic rings. The first-order valence-corrected chi connectivity index (χ1v) is 7.09. The van der Waals surface area contributed by atoms with Gasteiger partial charge in [0.25, 0.3) is 0 Å². The Balaban J connectivity index is 1.94. The van der Waals surface area contributed by atoms with Crippen LogP contribution in [0.4, 0.5) is 5.69 Å². The lowest BCUT2D eigenvalue weighted by Gasteiger charge is -2.20. The Morgan fingerprint density at radius 2 is 1.90 bits per heavy atom. The summed E-state index contributed by atoms with van der Waals surface area (Å²) >= 11 is 0. The average Bonchev–Trinajstić information content (AvgIpc) is 2.53. The second kappa shape index (κ2) is 7.06. The number of benzene rings is 1. The lowest BCUT2D eigenvalue weighted by Crippen LogP contribution is -2.21. The van der Waals surface area contributed by atoms with E-state index in [0.717, 1.165) is 24.3 Å². The molecule has 1 unspecified atom stereocenters. The Bertz CT molecular complexity index is 508. The molecule has 3 nitrogen and oxygen atoms in total. The third-order valence-electron chi connectivity index (χ3n) is 3.67. The lowest BCUT2D eigenvalue weighted by molar-refractivity contribution is 0.632. The van der Waals surface area contributed by atoms with Gasteiger partial charge in [0.2, 0.25) is 0 Å². The van der Waals surface area contributed by atoms with Crippen LogP contribution in [0.15, 0.2) is 48.7 Å². The molecule has 0 saturated carbocycles. The zero-order valence-corrected chi connectivity index (χ0v) is 12.5. The molecule has 1 atom stereocenters. The van der Waals surface area contributed by atoms with Crippen LogP contribution >= 0.6 is 0 Å². The molecule has 0 aliphatic heterocycles. The molecule has 106 valence electrons. The van der Waals surface area contributed by atoms with Crippen LogP contribution < -0.4 is 10.2 Å². The summed E-state index contributed by atoms with van der Waals surface area (Å²) in [6.45, 7) is 3.10. The number of nitrogens with one attached hydrogen (secondary N) is 1. The van der Waals surface area contributed by atoms with E-state index in [0.29, 0.717) is 6.04 Å². The number of hydrogen-bond donors (Lipinski definition) is 1. The number of likely N-dealkylation sites (N-methyl/N-ethyl adjacent to an activating group) is 1. The summed E-state index contributed by atoms with van der Waals surface area (Å²) in [6.07, 6.45) is 3.00. The van der Waals surface area contributed by atoms with E-state index in [9.17, 15) is 0 Å². The fourth-order valence-electron chi connectivity index (χ4n) is 2.10. The number of pyridine rings is 1. The van der Waals surface area contributed by atoms with Crippen molar-refractivity contribution in [2.24, 2.45) is 0 Å². The maximum atomic E-state index is 4.52. The standard InChI is InChI=1S/C17H23N3/c1-14(18-2)17-10-9-16(13-19-17)20(3)12-11-15-7-5-4-6-8-15/h4-10,13-14,18H,11-12H2,1-3H3. The second-order valence-electron chi connectivity index (χ2n) is 5.11. The molecule has 2 rings (SSSR count). The van der Waals surface area contributed by atoms with Crippen molar-refractivity contribution in [2.75, 3.05) is 25.5 Å². The Morgan fingerprint density at radius 3 is 2.50 bits per heavy atom. The maximum Gasteiger partial charge on any atom is 0.0571 e. The van der Waals surface area contributed by atoms with Gasteiger partial charge in [-0.3, -0.25) is 4.98 Å². The monoisotopic (exact) mass is 269 g/mol. The van der Waals surface area contributed by atoms with Gasteiger partial charge in [0, 0.05) is 19.6 Å². The summed E-state index contributed by atoms with van der Waals surface area (Å²) in [5.74, 6) is 0. The molecule has 0 spiro atoms. The third-order valence-corrected chi connectivity index (χ3v) is 3.67. The van der Waals surface area contributed by atoms with Crippen molar-refractivity contribution >= 4 is 5.69 Å². The highest BCUT2D eigenvalue weighted by molar-refractivity contribution is 5.44. The van der Waals surface area contributed by atoms with Crippen molar-refractivity contribution < 1.29 is 0 Å². The van der Waals surface area contributed by atoms with E-state index >= 15 is 0 Å². The minimum Gasteiger partial charge on any atom is -0.373 e. The first-order valence-electron chi connectivity index (χ1n) is 7.09. The fraction of sp³-hybridized carbons (Fsp3) is 0.353. The van der Waals surface area contributed by atoms with E-state index in [1.807, 2.05) is 13.2 Å². The van der Waals surface area contributed by atoms with Crippen molar-refractivity contribution in [3.63, 3.8) is 0 Å². The van der Waals surface area contributed by atoms with Crippen LogP contribution in [0.2, 0.25) is 0 Å². The highest BCUT2D eigenvalue weighted by Gasteiger charge is 2.06. The number of anilines is 1. The summed E-state index contributed by atoms with van der Waals surface area (Å²) in [6, 6.07) is 15.1. The normalized spacial score (nSPS) is 12.2. The quantitative estimate of drug-likeness (QED) is 0.873. The van der Waals surface area contributed by atoms with Crippen molar-refractivity contribution in [3.05, 3.63) is 59.9 Å². The van der Waals surface area contributed by atoms with Gasteiger partial charge in [0.1, 0.15) is 0 Å². The summed E-state index contributed by atoms with van der Waals surface area (Å²) in [7, 11) is 4.06. The molecular weight excluding hydrogens is 246 g/mol. The zero-order valence-electron chi connectivity index (χ0n) is 12.5. The second-order valence-corrected chi connectivity index (χ2v) is 5.11. The van der Waals surface area contributed by atoms with Gasteiger partial charge >= 0.3 is 0 Å². The van der Waals surface area contributed by atoms with Crippen molar-refractivity contribution in [3.8, 4) is 0 Å². The van der Waals surface area contributed by atoms with E-state index in [2.05, 4.69) is 71.6 Å². The first kappa shape index (κ1) is 14.5. The van der Waals surface area contributed by atoms with Gasteiger partial charge in [-0.05, 0) is 38.1 Å². The molecule has 20 heavy (non-hydrogen) atoms. The van der Waals surface area contributed by atoms with Gasteiger partial charge in [0.05, 0.1) is 17.6 Å². The molecule has 1 N–H and O–H groups in total. The molecule has 0 amide bonds. The van der Waals surface area contributed by atoms with E-state index < -0.39 is 0 Å². The molecule has 0 bridgehead atoms. The van der Waals surface area contributed by atoms with E-state index in [1.54, 1.807) is 0 Å². The van der Waals surface area contributed by atoms with E-state index in [1.165, 1.54) is 5.56 Å². The van der Waals surface area contributed by atoms with Gasteiger partial charge < -0.3 is 10.2 Å². The topological polar surface area (TPSA) is 28.2 Å². The maximum absolute atomic E-state index is 4.52. The average molecular weight is 269 g/mol. The molecule has 0 fully saturated rings. The Kier molecular flexibility index (Phi) is 5.13. The minimum atomic E-state index is 0.290. The molecule has 0 aliphatic carbocycles. The molecular formula is C17H23N3. The zero-order chi connectivity index (χ0) is 14.4. The largest absolute Gasteiger partial charge is 0.373 e. The molecule has 1 aromatic heterocycles. The molecule has 3 heteroatoms. The lowest BCUT2D eigenvalue weighted by atomic mass is 10.1. The Hall–Kier alpha value is -1.87. The number of aromatic nitrogens is 1. The predicted octanol–water partition coefficient (Wildman–Crippen LogP) is 3.04. The predicted molar refractivity (Wildman–Crippen MR) is 85.1 cm³/mol. The summed E-state index contributed by atoms with van der Waals surface area (Å²) in [5, 5.41) is 3.20. The smallest absolute Gasteiger partial charge is 0.0571 e. The van der Waals surface area contributed by atoms with E-state index in [-0.39, 0.29) is 0 Å². The summed E-state index contributed by atoms with van der Waals surface area (Å²) in [5.41, 5.74) is 3.61. The summed E-state index contributed by atoms with van der Waals surface area (Å²) in [4.78, 5) is 6.77. The molecule has 1 aromatic carbocycles. The van der Waals surface area contributed by atoms with Gasteiger partial charge in [-0.25, -0.2) is 0 Å². The van der Waals surface area contributed by atoms with Crippen LogP contribution in [0, 0.1) is 0 Å². The molecule has 0 aliphatic rings. The van der Waals surface area contributed by atoms with Crippen LogP contribution in [0.1, 0.15) is 24.2 Å². The SMILES string of the molecule is CNC(C)c1ccc(N(C)CCc2ccccc2)cn1. The molecule has 1 heterocycles. The fourth-order valence-corrected chi connectivity index (χ4v) is 2.10. The van der Waals surface area contributed by atoms with Gasteiger partial charge in [-0.2, -0.15) is 0 Å². The molecule has 0 radical (unpaired) electrons. The van der Waals surface area contributed by atoms with Gasteiger partial charge in [0.15, 0.2) is 0 Å². The Morgan fingerprint density at radius 1 is 1.15 bits per heavy atom. The van der Waals surface area contributed by atoms with Crippen LogP contribution in [0.3, 0.4) is 0 Å². The first-order chi connectivity index (χ1) is 9.70. The van der Waals surface area contributed by atoms with Crippen LogP contribution in [0.5, 0.6) is 0 Å².